The Balaban J connectivity index is 1.65. The number of nitrogens with zero attached hydrogens (tertiary/aromatic N) is 2. The topological polar surface area (TPSA) is 71.5 Å². The quantitative estimate of drug-likeness (QED) is 0.712. The van der Waals surface area contributed by atoms with Crippen LogP contribution in [-0.4, -0.2) is 37.4 Å². The highest BCUT2D eigenvalue weighted by atomic mass is 32.2. The number of aromatic nitrogens is 1. The molecule has 0 aliphatic carbocycles. The molecule has 1 saturated heterocycles. The Morgan fingerprint density at radius 2 is 1.93 bits per heavy atom. The van der Waals surface area contributed by atoms with Gasteiger partial charge in [-0.1, -0.05) is 36.4 Å². The second kappa shape index (κ2) is 7.56. The largest absolute Gasteiger partial charge is 0.297 e. The molecule has 3 aromatic rings. The maximum absolute atomic E-state index is 13.8. The Hall–Kier alpha value is -2.39. The van der Waals surface area contributed by atoms with Crippen molar-refractivity contribution in [1.29, 1.82) is 0 Å². The van der Waals surface area contributed by atoms with E-state index in [1.165, 1.54) is 6.07 Å². The van der Waals surface area contributed by atoms with Crippen LogP contribution in [0.1, 0.15) is 17.2 Å². The van der Waals surface area contributed by atoms with Crippen LogP contribution in [0.25, 0.3) is 10.9 Å². The van der Waals surface area contributed by atoms with Gasteiger partial charge in [0.2, 0.25) is 10.0 Å². The Labute approximate surface area is 163 Å². The van der Waals surface area contributed by atoms with Crippen molar-refractivity contribution in [2.24, 2.45) is 0 Å². The van der Waals surface area contributed by atoms with Gasteiger partial charge in [0, 0.05) is 30.7 Å². The SMILES string of the molecule is CN1OCC(S(=O)(=O)NCc2ccccc2F)C1c1ccnc2ccccc12. The zero-order chi connectivity index (χ0) is 19.7. The lowest BCUT2D eigenvalue weighted by Gasteiger charge is -2.24. The summed E-state index contributed by atoms with van der Waals surface area (Å²) in [5.41, 5.74) is 1.91. The van der Waals surface area contributed by atoms with Crippen LogP contribution in [0.15, 0.2) is 60.8 Å². The average molecular weight is 401 g/mol. The van der Waals surface area contributed by atoms with Gasteiger partial charge in [-0.2, -0.15) is 5.06 Å². The molecule has 0 radical (unpaired) electrons. The molecular formula is C20H20FN3O3S. The minimum atomic E-state index is -3.78. The van der Waals surface area contributed by atoms with E-state index in [1.807, 2.05) is 30.3 Å². The van der Waals surface area contributed by atoms with Gasteiger partial charge >= 0.3 is 0 Å². The summed E-state index contributed by atoms with van der Waals surface area (Å²) in [5, 5.41) is 1.60. The van der Waals surface area contributed by atoms with Crippen molar-refractivity contribution < 1.29 is 17.6 Å². The number of nitrogens with one attached hydrogen (secondary N) is 1. The molecule has 0 saturated carbocycles. The van der Waals surface area contributed by atoms with Gasteiger partial charge in [-0.15, -0.1) is 0 Å². The third-order valence-corrected chi connectivity index (χ3v) is 6.75. The lowest BCUT2D eigenvalue weighted by atomic mass is 10.00. The van der Waals surface area contributed by atoms with Crippen LogP contribution >= 0.6 is 0 Å². The number of hydroxylamine groups is 2. The van der Waals surface area contributed by atoms with E-state index >= 15 is 0 Å². The molecule has 1 aromatic heterocycles. The van der Waals surface area contributed by atoms with Gasteiger partial charge in [0.15, 0.2) is 0 Å². The third-order valence-electron chi connectivity index (χ3n) is 5.01. The van der Waals surface area contributed by atoms with Gasteiger partial charge in [0.1, 0.15) is 11.1 Å². The number of para-hydroxylation sites is 1. The summed E-state index contributed by atoms with van der Waals surface area (Å²) in [7, 11) is -2.06. The lowest BCUT2D eigenvalue weighted by molar-refractivity contribution is -0.110. The molecule has 2 aromatic carbocycles. The molecule has 146 valence electrons. The van der Waals surface area contributed by atoms with Crippen molar-refractivity contribution in [3.63, 3.8) is 0 Å². The second-order valence-electron chi connectivity index (χ2n) is 6.70. The molecule has 0 spiro atoms. The van der Waals surface area contributed by atoms with E-state index in [1.54, 1.807) is 36.5 Å². The number of hydrogen-bond donors (Lipinski definition) is 1. The fourth-order valence-corrected chi connectivity index (χ4v) is 5.02. The summed E-state index contributed by atoms with van der Waals surface area (Å²) < 4.78 is 42.4. The van der Waals surface area contributed by atoms with Crippen molar-refractivity contribution >= 4 is 20.9 Å². The molecule has 8 heteroatoms. The van der Waals surface area contributed by atoms with Gasteiger partial charge < -0.3 is 0 Å². The molecule has 1 aliphatic heterocycles. The van der Waals surface area contributed by atoms with Crippen molar-refractivity contribution in [2.45, 2.75) is 17.8 Å². The summed E-state index contributed by atoms with van der Waals surface area (Å²) in [6.45, 7) is -0.0938. The van der Waals surface area contributed by atoms with E-state index < -0.39 is 27.1 Å². The molecule has 2 atom stereocenters. The highest BCUT2D eigenvalue weighted by Gasteiger charge is 2.43. The molecule has 1 aliphatic rings. The number of benzene rings is 2. The standard InChI is InChI=1S/C20H20FN3O3S/c1-24-20(16-10-11-22-18-9-5-3-7-15(16)18)19(13-27-24)28(25,26)23-12-14-6-2-4-8-17(14)21/h2-11,19-20,23H,12-13H2,1H3. The number of pyridine rings is 1. The van der Waals surface area contributed by atoms with Gasteiger partial charge in [-0.3, -0.25) is 9.82 Å². The molecule has 1 N–H and O–H groups in total. The van der Waals surface area contributed by atoms with Crippen LogP contribution < -0.4 is 4.72 Å². The number of fused-ring (bicyclic) bond motifs is 1. The zero-order valence-corrected chi connectivity index (χ0v) is 16.1. The van der Waals surface area contributed by atoms with Crippen molar-refractivity contribution in [3.8, 4) is 0 Å². The molecule has 0 bridgehead atoms. The first kappa shape index (κ1) is 18.9. The first-order valence-electron chi connectivity index (χ1n) is 8.88. The molecule has 1 fully saturated rings. The van der Waals surface area contributed by atoms with Gasteiger partial charge in [-0.25, -0.2) is 17.5 Å². The fourth-order valence-electron chi connectivity index (χ4n) is 3.56. The van der Waals surface area contributed by atoms with Gasteiger partial charge in [-0.05, 0) is 23.8 Å². The Kier molecular flexibility index (Phi) is 5.11. The first-order chi connectivity index (χ1) is 13.5. The number of halogens is 1. The van der Waals surface area contributed by atoms with E-state index in [0.717, 1.165) is 16.5 Å². The second-order valence-corrected chi connectivity index (χ2v) is 8.68. The number of hydrogen-bond acceptors (Lipinski definition) is 5. The predicted octanol–water partition coefficient (Wildman–Crippen LogP) is 2.78. The average Bonchev–Trinajstić information content (AvgIpc) is 3.09. The highest BCUT2D eigenvalue weighted by molar-refractivity contribution is 7.90. The molecule has 28 heavy (non-hydrogen) atoms. The van der Waals surface area contributed by atoms with E-state index in [2.05, 4.69) is 9.71 Å². The molecule has 4 rings (SSSR count). The molecule has 2 heterocycles. The van der Waals surface area contributed by atoms with E-state index in [-0.39, 0.29) is 13.2 Å². The summed E-state index contributed by atoms with van der Waals surface area (Å²) in [6.07, 6.45) is 1.67. The Morgan fingerprint density at radius 1 is 1.18 bits per heavy atom. The summed E-state index contributed by atoms with van der Waals surface area (Å²) in [5.74, 6) is -0.443. The summed E-state index contributed by atoms with van der Waals surface area (Å²) in [6, 6.07) is 15.0. The fraction of sp³-hybridized carbons (Fsp3) is 0.250. The number of rotatable bonds is 5. The summed E-state index contributed by atoms with van der Waals surface area (Å²) >= 11 is 0. The molecule has 6 nitrogen and oxygen atoms in total. The zero-order valence-electron chi connectivity index (χ0n) is 15.2. The van der Waals surface area contributed by atoms with Gasteiger partial charge in [0.25, 0.3) is 0 Å². The van der Waals surface area contributed by atoms with Crippen LogP contribution in [-0.2, 0) is 21.4 Å². The van der Waals surface area contributed by atoms with Crippen LogP contribution in [0.5, 0.6) is 0 Å². The van der Waals surface area contributed by atoms with Crippen molar-refractivity contribution in [2.75, 3.05) is 13.7 Å². The Morgan fingerprint density at radius 3 is 2.75 bits per heavy atom. The van der Waals surface area contributed by atoms with Crippen LogP contribution in [0.3, 0.4) is 0 Å². The third kappa shape index (κ3) is 3.51. The predicted molar refractivity (Wildman–Crippen MR) is 104 cm³/mol. The van der Waals surface area contributed by atoms with E-state index in [9.17, 15) is 12.8 Å². The highest BCUT2D eigenvalue weighted by Crippen LogP contribution is 2.36. The Bertz CT molecular complexity index is 1100. The normalized spacial score (nSPS) is 20.6. The smallest absolute Gasteiger partial charge is 0.219 e. The van der Waals surface area contributed by atoms with Crippen molar-refractivity contribution in [1.82, 2.24) is 14.8 Å². The lowest BCUT2D eigenvalue weighted by Crippen LogP contribution is -2.39. The van der Waals surface area contributed by atoms with Gasteiger partial charge in [0.05, 0.1) is 18.2 Å². The van der Waals surface area contributed by atoms with Crippen LogP contribution in [0.4, 0.5) is 4.39 Å². The monoisotopic (exact) mass is 401 g/mol. The molecular weight excluding hydrogens is 381 g/mol. The minimum absolute atomic E-state index is 0.0183. The minimum Gasteiger partial charge on any atom is -0.297 e. The number of sulfonamides is 1. The van der Waals surface area contributed by atoms with Crippen LogP contribution in [0, 0.1) is 5.82 Å². The van der Waals surface area contributed by atoms with Crippen LogP contribution in [0.2, 0.25) is 0 Å². The molecule has 2 unspecified atom stereocenters. The first-order valence-corrected chi connectivity index (χ1v) is 10.4. The molecule has 0 amide bonds. The summed E-state index contributed by atoms with van der Waals surface area (Å²) in [4.78, 5) is 9.91. The van der Waals surface area contributed by atoms with Crippen molar-refractivity contribution in [3.05, 3.63) is 77.7 Å². The maximum Gasteiger partial charge on any atom is 0.219 e. The van der Waals surface area contributed by atoms with E-state index in [4.69, 9.17) is 4.84 Å². The van der Waals surface area contributed by atoms with E-state index in [0.29, 0.717) is 5.56 Å². The maximum atomic E-state index is 13.8.